The van der Waals surface area contributed by atoms with Crippen molar-refractivity contribution in [1.29, 1.82) is 0 Å². The van der Waals surface area contributed by atoms with Crippen LogP contribution in [0.5, 0.6) is 11.5 Å². The third-order valence-electron chi connectivity index (χ3n) is 5.41. The SMILES string of the molecule is CCCCC1S/C(=N/N=Cc2c(OS(=O)(=O)c3ccc(OC)cc3)ccc3ccccc23)NC1=O. The molecule has 0 spiro atoms. The highest BCUT2D eigenvalue weighted by Gasteiger charge is 2.29. The molecule has 35 heavy (non-hydrogen) atoms. The second-order valence-corrected chi connectivity index (χ2v) is 10.5. The van der Waals surface area contributed by atoms with Gasteiger partial charge in [-0.05, 0) is 47.5 Å². The molecule has 8 nitrogen and oxygen atoms in total. The fraction of sp³-hybridized carbons (Fsp3) is 0.240. The maximum atomic E-state index is 12.9. The van der Waals surface area contributed by atoms with Crippen LogP contribution in [-0.4, -0.2) is 38.1 Å². The van der Waals surface area contributed by atoms with Gasteiger partial charge in [0.1, 0.15) is 10.6 Å². The van der Waals surface area contributed by atoms with Gasteiger partial charge in [0.05, 0.1) is 18.6 Å². The van der Waals surface area contributed by atoms with Gasteiger partial charge in [0.25, 0.3) is 0 Å². The van der Waals surface area contributed by atoms with Crippen LogP contribution in [0.1, 0.15) is 31.7 Å². The molecule has 1 fully saturated rings. The van der Waals surface area contributed by atoms with Gasteiger partial charge in [-0.15, -0.1) is 5.10 Å². The lowest BCUT2D eigenvalue weighted by atomic mass is 10.0. The molecule has 0 saturated carbocycles. The Balaban J connectivity index is 1.63. The van der Waals surface area contributed by atoms with Crippen LogP contribution in [0, 0.1) is 0 Å². The summed E-state index contributed by atoms with van der Waals surface area (Å²) in [5.74, 6) is 0.583. The zero-order chi connectivity index (χ0) is 24.8. The number of carbonyl (C=O) groups excluding carboxylic acids is 1. The normalized spacial score (nSPS) is 17.3. The molecule has 1 unspecified atom stereocenters. The summed E-state index contributed by atoms with van der Waals surface area (Å²) in [7, 11) is -2.60. The minimum absolute atomic E-state index is 0.00206. The van der Waals surface area contributed by atoms with Crippen molar-refractivity contribution in [3.63, 3.8) is 0 Å². The third-order valence-corrected chi connectivity index (χ3v) is 7.80. The number of nitrogens with one attached hydrogen (secondary N) is 1. The largest absolute Gasteiger partial charge is 0.497 e. The molecular formula is C25H25N3O5S2. The van der Waals surface area contributed by atoms with Crippen LogP contribution < -0.4 is 14.2 Å². The standard InChI is InChI=1S/C25H25N3O5S2/c1-3-4-9-23-24(29)27-25(34-23)28-26-16-21-20-8-6-5-7-17(20)10-15-22(21)33-35(30,31)19-13-11-18(32-2)12-14-19/h5-8,10-16,23H,3-4,9H2,1-2H3,(H,27,28,29). The highest BCUT2D eigenvalue weighted by Crippen LogP contribution is 2.30. The minimum Gasteiger partial charge on any atom is -0.497 e. The monoisotopic (exact) mass is 511 g/mol. The molecule has 1 heterocycles. The Kier molecular flexibility index (Phi) is 7.72. The van der Waals surface area contributed by atoms with Gasteiger partial charge in [-0.3, -0.25) is 4.79 Å². The van der Waals surface area contributed by atoms with E-state index in [2.05, 4.69) is 22.4 Å². The van der Waals surface area contributed by atoms with Crippen molar-refractivity contribution in [3.8, 4) is 11.5 Å². The molecule has 0 aromatic heterocycles. The van der Waals surface area contributed by atoms with Gasteiger partial charge in [0, 0.05) is 5.56 Å². The lowest BCUT2D eigenvalue weighted by Gasteiger charge is -2.12. The van der Waals surface area contributed by atoms with E-state index in [0.29, 0.717) is 16.5 Å². The van der Waals surface area contributed by atoms with Crippen molar-refractivity contribution in [3.05, 3.63) is 66.2 Å². The average molecular weight is 512 g/mol. The van der Waals surface area contributed by atoms with Crippen molar-refractivity contribution >= 4 is 49.9 Å². The average Bonchev–Trinajstić information content (AvgIpc) is 3.22. The number of carbonyl (C=O) groups is 1. The molecule has 1 aliphatic heterocycles. The summed E-state index contributed by atoms with van der Waals surface area (Å²) < 4.78 is 36.5. The molecule has 4 rings (SSSR count). The lowest BCUT2D eigenvalue weighted by molar-refractivity contribution is -0.118. The van der Waals surface area contributed by atoms with Crippen LogP contribution >= 0.6 is 11.8 Å². The van der Waals surface area contributed by atoms with E-state index in [-0.39, 0.29) is 21.8 Å². The predicted octanol–water partition coefficient (Wildman–Crippen LogP) is 4.73. The van der Waals surface area contributed by atoms with Crippen molar-refractivity contribution in [2.45, 2.75) is 36.3 Å². The molecule has 1 atom stereocenters. The molecule has 182 valence electrons. The van der Waals surface area contributed by atoms with E-state index in [1.807, 2.05) is 24.3 Å². The fourth-order valence-corrected chi connectivity index (χ4v) is 5.48. The van der Waals surface area contributed by atoms with Crippen LogP contribution in [-0.2, 0) is 14.9 Å². The topological polar surface area (TPSA) is 106 Å². The molecule has 1 N–H and O–H groups in total. The Morgan fingerprint density at radius 1 is 1.09 bits per heavy atom. The number of ether oxygens (including phenoxy) is 1. The van der Waals surface area contributed by atoms with Gasteiger partial charge < -0.3 is 14.2 Å². The summed E-state index contributed by atoms with van der Waals surface area (Å²) in [5.41, 5.74) is 0.460. The number of fused-ring (bicyclic) bond motifs is 1. The second kappa shape index (κ2) is 10.9. The van der Waals surface area contributed by atoms with Crippen LogP contribution in [0.3, 0.4) is 0 Å². The van der Waals surface area contributed by atoms with Gasteiger partial charge in [-0.25, -0.2) is 0 Å². The van der Waals surface area contributed by atoms with Gasteiger partial charge in [0.2, 0.25) is 5.91 Å². The van der Waals surface area contributed by atoms with Crippen molar-refractivity contribution < 1.29 is 22.1 Å². The molecule has 1 aliphatic rings. The lowest BCUT2D eigenvalue weighted by Crippen LogP contribution is -2.24. The van der Waals surface area contributed by atoms with E-state index in [1.54, 1.807) is 24.3 Å². The molecule has 0 aliphatic carbocycles. The first-order valence-electron chi connectivity index (χ1n) is 11.1. The summed E-state index contributed by atoms with van der Waals surface area (Å²) in [6.45, 7) is 2.08. The number of methoxy groups -OCH3 is 1. The number of thioether (sulfide) groups is 1. The number of unbranched alkanes of at least 4 members (excludes halogenated alkanes) is 1. The van der Waals surface area contributed by atoms with Crippen LogP contribution in [0.4, 0.5) is 0 Å². The Hall–Kier alpha value is -3.37. The predicted molar refractivity (Wildman–Crippen MR) is 139 cm³/mol. The van der Waals surface area contributed by atoms with Crippen molar-refractivity contribution in [1.82, 2.24) is 5.32 Å². The summed E-state index contributed by atoms with van der Waals surface area (Å²) in [4.78, 5) is 12.1. The maximum absolute atomic E-state index is 12.9. The first-order valence-corrected chi connectivity index (χ1v) is 13.4. The molecule has 3 aromatic carbocycles. The summed E-state index contributed by atoms with van der Waals surface area (Å²) in [5, 5.41) is 12.9. The first kappa shape index (κ1) is 24.7. The number of amides is 1. The van der Waals surface area contributed by atoms with Crippen molar-refractivity contribution in [2.75, 3.05) is 7.11 Å². The van der Waals surface area contributed by atoms with Gasteiger partial charge >= 0.3 is 10.1 Å². The highest BCUT2D eigenvalue weighted by molar-refractivity contribution is 8.15. The summed E-state index contributed by atoms with van der Waals surface area (Å²) in [6.07, 6.45) is 4.19. The maximum Gasteiger partial charge on any atom is 0.339 e. The molecule has 3 aromatic rings. The number of benzene rings is 3. The number of hydrogen-bond acceptors (Lipinski definition) is 8. The summed E-state index contributed by atoms with van der Waals surface area (Å²) >= 11 is 1.35. The highest BCUT2D eigenvalue weighted by atomic mass is 32.2. The molecule has 1 amide bonds. The number of rotatable bonds is 9. The molecule has 1 saturated heterocycles. The first-order chi connectivity index (χ1) is 16.9. The van der Waals surface area contributed by atoms with Gasteiger partial charge in [-0.1, -0.05) is 61.9 Å². The van der Waals surface area contributed by atoms with E-state index >= 15 is 0 Å². The number of nitrogens with zero attached hydrogens (tertiary/aromatic N) is 2. The second-order valence-electron chi connectivity index (χ2n) is 7.80. The molecule has 10 heteroatoms. The Labute approximate surface area is 208 Å². The van der Waals surface area contributed by atoms with Gasteiger partial charge in [-0.2, -0.15) is 13.5 Å². The molecule has 0 radical (unpaired) electrons. The van der Waals surface area contributed by atoms with Crippen LogP contribution in [0.2, 0.25) is 0 Å². The van der Waals surface area contributed by atoms with Crippen LogP contribution in [0.15, 0.2) is 75.8 Å². The van der Waals surface area contributed by atoms with E-state index < -0.39 is 10.1 Å². The zero-order valence-corrected chi connectivity index (χ0v) is 20.9. The van der Waals surface area contributed by atoms with E-state index in [0.717, 1.165) is 30.0 Å². The Morgan fingerprint density at radius 2 is 1.86 bits per heavy atom. The fourth-order valence-electron chi connectivity index (χ4n) is 3.56. The van der Waals surface area contributed by atoms with E-state index in [4.69, 9.17) is 8.92 Å². The zero-order valence-electron chi connectivity index (χ0n) is 19.3. The van der Waals surface area contributed by atoms with Crippen molar-refractivity contribution in [2.24, 2.45) is 10.2 Å². The smallest absolute Gasteiger partial charge is 0.339 e. The molecular weight excluding hydrogens is 486 g/mol. The molecule has 0 bridgehead atoms. The number of amidine groups is 1. The van der Waals surface area contributed by atoms with Crippen LogP contribution in [0.25, 0.3) is 10.8 Å². The third kappa shape index (κ3) is 5.83. The summed E-state index contributed by atoms with van der Waals surface area (Å²) in [6, 6.07) is 16.8. The van der Waals surface area contributed by atoms with E-state index in [1.165, 1.54) is 37.2 Å². The quantitative estimate of drug-likeness (QED) is 0.253. The Bertz CT molecular complexity index is 1390. The van der Waals surface area contributed by atoms with Gasteiger partial charge in [0.15, 0.2) is 10.9 Å². The minimum atomic E-state index is -4.11. The van der Waals surface area contributed by atoms with E-state index in [9.17, 15) is 13.2 Å². The number of hydrogen-bond donors (Lipinski definition) is 1. The Morgan fingerprint density at radius 3 is 2.60 bits per heavy atom.